The van der Waals surface area contributed by atoms with Crippen molar-refractivity contribution >= 4 is 5.78 Å². The molecule has 2 N–H and O–H groups in total. The molecule has 4 aliphatic rings. The van der Waals surface area contributed by atoms with Crippen LogP contribution in [0.25, 0.3) is 0 Å². The predicted molar refractivity (Wildman–Crippen MR) is 98.8 cm³/mol. The van der Waals surface area contributed by atoms with E-state index in [0.29, 0.717) is 37.7 Å². The van der Waals surface area contributed by atoms with Crippen molar-refractivity contribution in [1.29, 1.82) is 0 Å². The van der Waals surface area contributed by atoms with Crippen LogP contribution in [0, 0.1) is 34.5 Å². The monoisotopic (exact) mass is 436 g/mol. The summed E-state index contributed by atoms with van der Waals surface area (Å²) in [4.78, 5) is 12.3. The summed E-state index contributed by atoms with van der Waals surface area (Å²) in [6.45, 7) is 3.48. The van der Waals surface area contributed by atoms with Gasteiger partial charge < -0.3 is 10.2 Å². The average Bonchev–Trinajstić information content (AvgIpc) is 2.93. The molecule has 0 aromatic heterocycles. The van der Waals surface area contributed by atoms with E-state index >= 15 is 0 Å². The van der Waals surface area contributed by atoms with Crippen LogP contribution >= 0.6 is 0 Å². The number of halogens is 5. The highest BCUT2D eigenvalue weighted by Crippen LogP contribution is 2.71. The summed E-state index contributed by atoms with van der Waals surface area (Å²) in [5, 5.41) is 20.3. The smallest absolute Gasteiger partial charge is 0.456 e. The van der Waals surface area contributed by atoms with Crippen LogP contribution in [0.2, 0.25) is 0 Å². The fourth-order valence-electron chi connectivity index (χ4n) is 7.89. The van der Waals surface area contributed by atoms with Crippen LogP contribution in [0.15, 0.2) is 11.8 Å². The first-order valence-corrected chi connectivity index (χ1v) is 10.8. The van der Waals surface area contributed by atoms with Gasteiger partial charge in [0, 0.05) is 17.4 Å². The maximum atomic E-state index is 14.5. The first-order chi connectivity index (χ1) is 13.7. The van der Waals surface area contributed by atoms with Gasteiger partial charge in [0.1, 0.15) is 5.60 Å². The summed E-state index contributed by atoms with van der Waals surface area (Å²) in [5.74, 6) is -5.54. The second-order valence-corrected chi connectivity index (χ2v) is 10.5. The number of rotatable bonds is 1. The maximum absolute atomic E-state index is 14.5. The van der Waals surface area contributed by atoms with Crippen LogP contribution in [-0.4, -0.2) is 33.7 Å². The first kappa shape index (κ1) is 22.0. The largest absolute Gasteiger partial charge is 0.515 e. The molecule has 0 radical (unpaired) electrons. The molecular weight excluding hydrogens is 407 g/mol. The Labute approximate surface area is 172 Å². The molecule has 7 atom stereocenters. The Hall–Kier alpha value is -1.18. The summed E-state index contributed by atoms with van der Waals surface area (Å²) in [7, 11) is 0. The van der Waals surface area contributed by atoms with Crippen LogP contribution in [0.5, 0.6) is 0 Å². The molecule has 0 aromatic carbocycles. The van der Waals surface area contributed by atoms with Crippen LogP contribution in [0.3, 0.4) is 0 Å². The normalized spacial score (nSPS) is 48.3. The molecule has 4 saturated carbocycles. The number of alkyl halides is 5. The molecule has 4 rings (SSSR count). The number of allylic oxidation sites excluding steroid dienone is 1. The summed E-state index contributed by atoms with van der Waals surface area (Å²) in [6.07, 6.45) is -2.71. The minimum absolute atomic E-state index is 0.0687. The van der Waals surface area contributed by atoms with Crippen molar-refractivity contribution in [2.24, 2.45) is 34.5 Å². The molecule has 0 saturated heterocycles. The topological polar surface area (TPSA) is 57.5 Å². The second-order valence-electron chi connectivity index (χ2n) is 10.5. The molecule has 0 spiro atoms. The molecule has 0 bridgehead atoms. The Bertz CT molecular complexity index is 777. The zero-order chi connectivity index (χ0) is 22.3. The van der Waals surface area contributed by atoms with E-state index in [0.717, 1.165) is 6.26 Å². The van der Waals surface area contributed by atoms with Gasteiger partial charge in [0.05, 0.1) is 6.26 Å². The maximum Gasteiger partial charge on any atom is 0.456 e. The quantitative estimate of drug-likeness (QED) is 0.321. The number of aliphatic hydroxyl groups is 2. The average molecular weight is 436 g/mol. The first-order valence-electron chi connectivity index (χ1n) is 10.8. The number of carbonyl (C=O) groups is 1. The van der Waals surface area contributed by atoms with Gasteiger partial charge in [-0.25, -0.2) is 0 Å². The van der Waals surface area contributed by atoms with E-state index < -0.39 is 35.5 Å². The van der Waals surface area contributed by atoms with Gasteiger partial charge in [-0.3, -0.25) is 4.79 Å². The lowest BCUT2D eigenvalue weighted by molar-refractivity contribution is -0.364. The van der Waals surface area contributed by atoms with Crippen molar-refractivity contribution in [2.45, 2.75) is 82.9 Å². The van der Waals surface area contributed by atoms with Crippen molar-refractivity contribution in [2.75, 3.05) is 0 Å². The molecule has 0 amide bonds. The summed E-state index contributed by atoms with van der Waals surface area (Å²) < 4.78 is 68.7. The highest BCUT2D eigenvalue weighted by atomic mass is 19.4. The number of hydrogen-bond acceptors (Lipinski definition) is 3. The number of fused-ring (bicyclic) bond motifs is 5. The fourth-order valence-corrected chi connectivity index (χ4v) is 7.89. The van der Waals surface area contributed by atoms with Crippen LogP contribution < -0.4 is 0 Å². The Kier molecular flexibility index (Phi) is 4.72. The van der Waals surface area contributed by atoms with E-state index in [1.54, 1.807) is 0 Å². The standard InChI is InChI=1S/C22H29F5O3/c1-18-10-12(11-28)17(29)9-13(18)3-4-14-15(18)5-7-19(2)16(14)6-8-20(19,30)21(23,24)22(25,26)27/h11,13-16,28,30H,3-10H2,1-2H3/t13?,14-,15-,16+,18+,19+,20?/m1/s1. The van der Waals surface area contributed by atoms with E-state index in [-0.39, 0.29) is 41.8 Å². The van der Waals surface area contributed by atoms with Gasteiger partial charge in [-0.15, -0.1) is 0 Å². The SMILES string of the molecule is C[C@]12CC(=CO)C(=O)CC1CC[C@@H]1[C@H]2CC[C@@]2(C)[C@H]1CCC2(O)C(F)(F)C(F)(F)F. The van der Waals surface area contributed by atoms with Gasteiger partial charge in [0.15, 0.2) is 5.78 Å². The van der Waals surface area contributed by atoms with Crippen LogP contribution in [0.1, 0.15) is 65.2 Å². The van der Waals surface area contributed by atoms with Gasteiger partial charge in [0.2, 0.25) is 0 Å². The zero-order valence-corrected chi connectivity index (χ0v) is 17.2. The molecular formula is C22H29F5O3. The van der Waals surface area contributed by atoms with Crippen molar-refractivity contribution in [3.63, 3.8) is 0 Å². The van der Waals surface area contributed by atoms with Crippen molar-refractivity contribution in [1.82, 2.24) is 0 Å². The number of carbonyl (C=O) groups excluding carboxylic acids is 1. The lowest BCUT2D eigenvalue weighted by Crippen LogP contribution is -2.66. The molecule has 8 heteroatoms. The van der Waals surface area contributed by atoms with Crippen molar-refractivity contribution < 1.29 is 37.0 Å². The van der Waals surface area contributed by atoms with Crippen molar-refractivity contribution in [3.05, 3.63) is 11.8 Å². The number of aliphatic hydroxyl groups excluding tert-OH is 1. The lowest BCUT2D eigenvalue weighted by atomic mass is 9.44. The van der Waals surface area contributed by atoms with Gasteiger partial charge in [-0.1, -0.05) is 13.8 Å². The highest BCUT2D eigenvalue weighted by Gasteiger charge is 2.79. The Morgan fingerprint density at radius 2 is 1.63 bits per heavy atom. The van der Waals surface area contributed by atoms with Crippen LogP contribution in [0.4, 0.5) is 22.0 Å². The third kappa shape index (κ3) is 2.54. The van der Waals surface area contributed by atoms with E-state index in [2.05, 4.69) is 6.92 Å². The highest BCUT2D eigenvalue weighted by molar-refractivity contribution is 5.96. The zero-order valence-electron chi connectivity index (χ0n) is 17.2. The number of hydrogen-bond donors (Lipinski definition) is 2. The molecule has 170 valence electrons. The van der Waals surface area contributed by atoms with E-state index in [4.69, 9.17) is 0 Å². The Balaban J connectivity index is 1.68. The van der Waals surface area contributed by atoms with Gasteiger partial charge in [0.25, 0.3) is 0 Å². The molecule has 0 aromatic rings. The molecule has 4 fully saturated rings. The van der Waals surface area contributed by atoms with Gasteiger partial charge in [-0.2, -0.15) is 22.0 Å². The molecule has 2 unspecified atom stereocenters. The third-order valence-corrected chi connectivity index (χ3v) is 9.61. The van der Waals surface area contributed by atoms with E-state index in [1.807, 2.05) is 0 Å². The second kappa shape index (κ2) is 6.42. The molecule has 30 heavy (non-hydrogen) atoms. The minimum Gasteiger partial charge on any atom is -0.515 e. The van der Waals surface area contributed by atoms with Crippen molar-refractivity contribution in [3.8, 4) is 0 Å². The fraction of sp³-hybridized carbons (Fsp3) is 0.864. The number of Topliss-reactive ketones (excluding diaryl/α,β-unsaturated/α-hetero) is 1. The number of ketones is 1. The van der Waals surface area contributed by atoms with Crippen LogP contribution in [-0.2, 0) is 4.79 Å². The van der Waals surface area contributed by atoms with Gasteiger partial charge in [-0.05, 0) is 74.0 Å². The molecule has 0 aliphatic heterocycles. The predicted octanol–water partition coefficient (Wildman–Crippen LogP) is 5.58. The van der Waals surface area contributed by atoms with Gasteiger partial charge >= 0.3 is 12.1 Å². The molecule has 0 heterocycles. The van der Waals surface area contributed by atoms with E-state index in [1.165, 1.54) is 6.92 Å². The van der Waals surface area contributed by atoms with E-state index in [9.17, 15) is 37.0 Å². The third-order valence-electron chi connectivity index (χ3n) is 9.61. The Morgan fingerprint density at radius 1 is 1.00 bits per heavy atom. The molecule has 3 nitrogen and oxygen atoms in total. The summed E-state index contributed by atoms with van der Waals surface area (Å²) in [5.41, 5.74) is -4.56. The summed E-state index contributed by atoms with van der Waals surface area (Å²) in [6, 6.07) is 0. The lowest BCUT2D eigenvalue weighted by Gasteiger charge is -2.61. The Morgan fingerprint density at radius 3 is 2.23 bits per heavy atom. The summed E-state index contributed by atoms with van der Waals surface area (Å²) >= 11 is 0. The molecule has 4 aliphatic carbocycles. The minimum atomic E-state index is -5.80.